The maximum absolute atomic E-state index is 12.0. The van der Waals surface area contributed by atoms with Gasteiger partial charge in [0.2, 0.25) is 0 Å². The fourth-order valence-electron chi connectivity index (χ4n) is 2.09. The maximum atomic E-state index is 12.0. The number of hydrogen-bond donors (Lipinski definition) is 1. The van der Waals surface area contributed by atoms with Gasteiger partial charge in [-0.3, -0.25) is 9.78 Å². The van der Waals surface area contributed by atoms with E-state index in [0.29, 0.717) is 17.0 Å². The number of carbonyl (C=O) groups excluding carboxylic acids is 1. The van der Waals surface area contributed by atoms with Gasteiger partial charge in [0.1, 0.15) is 17.1 Å². The summed E-state index contributed by atoms with van der Waals surface area (Å²) in [5.74, 6) is 0.494. The van der Waals surface area contributed by atoms with E-state index in [1.807, 2.05) is 24.3 Å². The molecule has 0 saturated heterocycles. The number of benzene rings is 1. The first-order chi connectivity index (χ1) is 11.3. The van der Waals surface area contributed by atoms with Crippen LogP contribution >= 0.6 is 0 Å². The fraction of sp³-hybridized carbons (Fsp3) is 0.125. The molecule has 0 radical (unpaired) electrons. The average molecular weight is 309 g/mol. The van der Waals surface area contributed by atoms with Crippen molar-refractivity contribution in [1.82, 2.24) is 25.3 Å². The first-order valence-electron chi connectivity index (χ1n) is 7.01. The lowest BCUT2D eigenvalue weighted by molar-refractivity contribution is 0.0950. The summed E-state index contributed by atoms with van der Waals surface area (Å²) in [7, 11) is 1.60. The highest BCUT2D eigenvalue weighted by Gasteiger charge is 2.09. The molecule has 7 nitrogen and oxygen atoms in total. The molecule has 0 aliphatic rings. The van der Waals surface area contributed by atoms with Gasteiger partial charge in [0.15, 0.2) is 0 Å². The second kappa shape index (κ2) is 6.69. The summed E-state index contributed by atoms with van der Waals surface area (Å²) < 4.78 is 6.92. The van der Waals surface area contributed by atoms with Gasteiger partial charge in [-0.2, -0.15) is 0 Å². The molecule has 116 valence electrons. The summed E-state index contributed by atoms with van der Waals surface area (Å²) >= 11 is 0. The Morgan fingerprint density at radius 1 is 1.26 bits per heavy atom. The summed E-state index contributed by atoms with van der Waals surface area (Å²) in [6.45, 7) is 0.281. The fourth-order valence-corrected chi connectivity index (χ4v) is 2.09. The maximum Gasteiger partial charge on any atom is 0.253 e. The van der Waals surface area contributed by atoms with E-state index >= 15 is 0 Å². The third-order valence-electron chi connectivity index (χ3n) is 3.23. The van der Waals surface area contributed by atoms with Gasteiger partial charge in [0.05, 0.1) is 25.4 Å². The Balaban J connectivity index is 1.69. The van der Waals surface area contributed by atoms with E-state index in [0.717, 1.165) is 5.69 Å². The highest BCUT2D eigenvalue weighted by molar-refractivity contribution is 5.93. The lowest BCUT2D eigenvalue weighted by Crippen LogP contribution is -2.23. The first-order valence-corrected chi connectivity index (χ1v) is 7.01. The molecule has 1 N–H and O–H groups in total. The Morgan fingerprint density at radius 3 is 2.91 bits per heavy atom. The number of nitrogens with zero attached hydrogens (tertiary/aromatic N) is 4. The van der Waals surface area contributed by atoms with E-state index < -0.39 is 0 Å². The number of ether oxygens (including phenoxy) is 1. The number of para-hydroxylation sites is 2. The van der Waals surface area contributed by atoms with Crippen LogP contribution in [0.3, 0.4) is 0 Å². The van der Waals surface area contributed by atoms with Crippen LogP contribution < -0.4 is 10.1 Å². The summed E-state index contributed by atoms with van der Waals surface area (Å²) in [4.78, 5) is 15.9. The van der Waals surface area contributed by atoms with Gasteiger partial charge in [-0.25, -0.2) is 4.68 Å². The smallest absolute Gasteiger partial charge is 0.253 e. The molecule has 3 rings (SSSR count). The van der Waals surface area contributed by atoms with Crippen LogP contribution in [0.1, 0.15) is 16.1 Å². The van der Waals surface area contributed by atoms with Crippen LogP contribution in [-0.2, 0) is 6.54 Å². The molecule has 0 aliphatic carbocycles. The van der Waals surface area contributed by atoms with Crippen molar-refractivity contribution >= 4 is 5.91 Å². The van der Waals surface area contributed by atoms with E-state index in [-0.39, 0.29) is 12.5 Å². The molecule has 23 heavy (non-hydrogen) atoms. The van der Waals surface area contributed by atoms with Crippen molar-refractivity contribution in [2.75, 3.05) is 7.11 Å². The quantitative estimate of drug-likeness (QED) is 0.774. The summed E-state index contributed by atoms with van der Waals surface area (Å²) in [6, 6.07) is 10.9. The molecule has 7 heteroatoms. The molecular weight excluding hydrogens is 294 g/mol. The largest absolute Gasteiger partial charge is 0.494 e. The normalized spacial score (nSPS) is 10.3. The van der Waals surface area contributed by atoms with Crippen LogP contribution in [0.4, 0.5) is 0 Å². The molecule has 0 aliphatic heterocycles. The van der Waals surface area contributed by atoms with Crippen molar-refractivity contribution in [1.29, 1.82) is 0 Å². The van der Waals surface area contributed by atoms with Gasteiger partial charge in [-0.1, -0.05) is 17.3 Å². The van der Waals surface area contributed by atoms with Crippen LogP contribution in [-0.4, -0.2) is 33.0 Å². The van der Waals surface area contributed by atoms with Gasteiger partial charge >= 0.3 is 0 Å². The molecule has 1 aromatic carbocycles. The van der Waals surface area contributed by atoms with E-state index in [9.17, 15) is 4.79 Å². The Bertz CT molecular complexity index is 801. The second-order valence-electron chi connectivity index (χ2n) is 4.75. The zero-order valence-corrected chi connectivity index (χ0v) is 12.5. The molecule has 2 heterocycles. The number of pyridine rings is 1. The minimum atomic E-state index is -0.204. The molecule has 2 aromatic heterocycles. The SMILES string of the molecule is COc1ccccc1-n1cc(CNC(=O)c2cccnc2)nn1. The van der Waals surface area contributed by atoms with Crippen molar-refractivity contribution in [3.63, 3.8) is 0 Å². The summed E-state index contributed by atoms with van der Waals surface area (Å²) in [6.07, 6.45) is 4.89. The van der Waals surface area contributed by atoms with Crippen molar-refractivity contribution in [2.45, 2.75) is 6.54 Å². The van der Waals surface area contributed by atoms with Crippen LogP contribution in [0.25, 0.3) is 5.69 Å². The molecule has 0 saturated carbocycles. The van der Waals surface area contributed by atoms with E-state index in [1.54, 1.807) is 36.3 Å². The monoisotopic (exact) mass is 309 g/mol. The average Bonchev–Trinajstić information content (AvgIpc) is 3.09. The van der Waals surface area contributed by atoms with E-state index in [2.05, 4.69) is 20.6 Å². The number of nitrogens with one attached hydrogen (secondary N) is 1. The Morgan fingerprint density at radius 2 is 2.13 bits per heavy atom. The molecule has 0 unspecified atom stereocenters. The summed E-state index contributed by atoms with van der Waals surface area (Å²) in [5, 5.41) is 10.9. The van der Waals surface area contributed by atoms with Gasteiger partial charge in [-0.15, -0.1) is 5.10 Å². The van der Waals surface area contributed by atoms with E-state index in [1.165, 1.54) is 6.20 Å². The molecule has 3 aromatic rings. The number of rotatable bonds is 5. The number of hydrogen-bond acceptors (Lipinski definition) is 5. The van der Waals surface area contributed by atoms with Crippen molar-refractivity contribution in [3.8, 4) is 11.4 Å². The molecule has 1 amide bonds. The van der Waals surface area contributed by atoms with Gasteiger partial charge in [0, 0.05) is 12.4 Å². The Kier molecular flexibility index (Phi) is 4.28. The number of methoxy groups -OCH3 is 1. The number of aromatic nitrogens is 4. The number of carbonyl (C=O) groups is 1. The minimum Gasteiger partial charge on any atom is -0.494 e. The first kappa shape index (κ1) is 14.7. The predicted molar refractivity (Wildman–Crippen MR) is 83.3 cm³/mol. The molecule has 0 spiro atoms. The minimum absolute atomic E-state index is 0.204. The molecular formula is C16H15N5O2. The third-order valence-corrected chi connectivity index (χ3v) is 3.23. The highest BCUT2D eigenvalue weighted by Crippen LogP contribution is 2.20. The van der Waals surface area contributed by atoms with Gasteiger partial charge in [0.25, 0.3) is 5.91 Å². The standard InChI is InChI=1S/C16H15N5O2/c1-23-15-7-3-2-6-14(15)21-11-13(19-20-21)10-18-16(22)12-5-4-8-17-9-12/h2-9,11H,10H2,1H3,(H,18,22). The van der Waals surface area contributed by atoms with Crippen LogP contribution in [0.2, 0.25) is 0 Å². The van der Waals surface area contributed by atoms with Crippen molar-refractivity contribution in [2.24, 2.45) is 0 Å². The number of amides is 1. The van der Waals surface area contributed by atoms with Gasteiger partial charge in [-0.05, 0) is 24.3 Å². The Labute approximate surface area is 132 Å². The predicted octanol–water partition coefficient (Wildman–Crippen LogP) is 1.60. The van der Waals surface area contributed by atoms with Crippen LogP contribution in [0.15, 0.2) is 55.0 Å². The second-order valence-corrected chi connectivity index (χ2v) is 4.75. The van der Waals surface area contributed by atoms with Crippen molar-refractivity contribution < 1.29 is 9.53 Å². The summed E-state index contributed by atoms with van der Waals surface area (Å²) in [5.41, 5.74) is 1.94. The molecule has 0 bridgehead atoms. The van der Waals surface area contributed by atoms with E-state index in [4.69, 9.17) is 4.74 Å². The molecule has 0 atom stereocenters. The third kappa shape index (κ3) is 3.34. The lowest BCUT2D eigenvalue weighted by atomic mass is 10.2. The van der Waals surface area contributed by atoms with Crippen molar-refractivity contribution in [3.05, 3.63) is 66.2 Å². The van der Waals surface area contributed by atoms with Crippen LogP contribution in [0, 0.1) is 0 Å². The molecule has 0 fully saturated rings. The van der Waals surface area contributed by atoms with Gasteiger partial charge < -0.3 is 10.1 Å². The zero-order chi connectivity index (χ0) is 16.1. The Hall–Kier alpha value is -3.22. The van der Waals surface area contributed by atoms with Crippen LogP contribution in [0.5, 0.6) is 5.75 Å². The lowest BCUT2D eigenvalue weighted by Gasteiger charge is -2.06. The topological polar surface area (TPSA) is 81.9 Å². The zero-order valence-electron chi connectivity index (χ0n) is 12.5. The highest BCUT2D eigenvalue weighted by atomic mass is 16.5.